The molecule has 2 N–H and O–H groups in total. The fourth-order valence-electron chi connectivity index (χ4n) is 2.68. The Bertz CT molecular complexity index is 587. The molecule has 0 spiro atoms. The van der Waals surface area contributed by atoms with Gasteiger partial charge in [0.05, 0.1) is 0 Å². The molecule has 1 fully saturated rings. The van der Waals surface area contributed by atoms with Crippen molar-refractivity contribution in [1.29, 1.82) is 0 Å². The molecule has 0 aliphatic heterocycles. The smallest absolute Gasteiger partial charge is 0.221 e. The van der Waals surface area contributed by atoms with Gasteiger partial charge in [-0.2, -0.15) is 0 Å². The first-order valence-electron chi connectivity index (χ1n) is 6.69. The van der Waals surface area contributed by atoms with E-state index < -0.39 is 0 Å². The zero-order valence-corrected chi connectivity index (χ0v) is 12.3. The van der Waals surface area contributed by atoms with Crippen LogP contribution in [0, 0.1) is 0 Å². The zero-order valence-electron chi connectivity index (χ0n) is 10.7. The van der Waals surface area contributed by atoms with Crippen LogP contribution in [0.4, 0.5) is 0 Å². The van der Waals surface area contributed by atoms with Crippen molar-refractivity contribution in [3.63, 3.8) is 0 Å². The number of fused-ring (bicyclic) bond motifs is 1. The number of rotatable bonds is 2. The van der Waals surface area contributed by atoms with Gasteiger partial charge in [-0.05, 0) is 43.9 Å². The van der Waals surface area contributed by atoms with Gasteiger partial charge in [0.15, 0.2) is 0 Å². The van der Waals surface area contributed by atoms with E-state index in [0.29, 0.717) is 0 Å². The van der Waals surface area contributed by atoms with E-state index in [9.17, 15) is 0 Å². The minimum Gasteiger partial charge on any atom is -0.474 e. The van der Waals surface area contributed by atoms with Crippen molar-refractivity contribution in [2.24, 2.45) is 5.73 Å². The Morgan fingerprint density at radius 3 is 2.95 bits per heavy atom. The lowest BCUT2D eigenvalue weighted by Crippen LogP contribution is -2.33. The highest BCUT2D eigenvalue weighted by atomic mass is 79.9. The Labute approximate surface area is 121 Å². The lowest BCUT2D eigenvalue weighted by molar-refractivity contribution is 0.141. The monoisotopic (exact) mass is 320 g/mol. The largest absolute Gasteiger partial charge is 0.474 e. The maximum absolute atomic E-state index is 6.08. The van der Waals surface area contributed by atoms with E-state index in [1.54, 1.807) is 6.20 Å². The fourth-order valence-corrected chi connectivity index (χ4v) is 3.18. The molecule has 3 nitrogen and oxygen atoms in total. The van der Waals surface area contributed by atoms with Gasteiger partial charge in [-0.25, -0.2) is 4.98 Å². The van der Waals surface area contributed by atoms with Crippen LogP contribution in [0.2, 0.25) is 0 Å². The van der Waals surface area contributed by atoms with E-state index in [-0.39, 0.29) is 12.1 Å². The number of benzene rings is 1. The van der Waals surface area contributed by atoms with Crippen LogP contribution in [-0.4, -0.2) is 17.1 Å². The molecule has 19 heavy (non-hydrogen) atoms. The highest BCUT2D eigenvalue weighted by Gasteiger charge is 2.21. The molecule has 0 saturated heterocycles. The van der Waals surface area contributed by atoms with E-state index >= 15 is 0 Å². The fraction of sp³-hybridized carbons (Fsp3) is 0.400. The van der Waals surface area contributed by atoms with Crippen LogP contribution >= 0.6 is 15.9 Å². The second kappa shape index (κ2) is 5.47. The molecule has 0 radical (unpaired) electrons. The van der Waals surface area contributed by atoms with Crippen LogP contribution in [0.15, 0.2) is 34.9 Å². The summed E-state index contributed by atoms with van der Waals surface area (Å²) in [5.74, 6) is 0.720. The number of halogens is 1. The summed E-state index contributed by atoms with van der Waals surface area (Å²) in [6.07, 6.45) is 6.23. The summed E-state index contributed by atoms with van der Waals surface area (Å²) in [6, 6.07) is 8.35. The molecule has 1 aromatic heterocycles. The van der Waals surface area contributed by atoms with Crippen LogP contribution in [0.5, 0.6) is 5.88 Å². The normalized spacial score (nSPS) is 23.5. The first-order valence-corrected chi connectivity index (χ1v) is 7.49. The Morgan fingerprint density at radius 2 is 2.11 bits per heavy atom. The summed E-state index contributed by atoms with van der Waals surface area (Å²) in [7, 11) is 0. The van der Waals surface area contributed by atoms with Crippen molar-refractivity contribution in [2.45, 2.75) is 37.8 Å². The quantitative estimate of drug-likeness (QED) is 0.918. The summed E-state index contributed by atoms with van der Waals surface area (Å²) in [4.78, 5) is 4.38. The number of ether oxygens (including phenoxy) is 1. The van der Waals surface area contributed by atoms with Gasteiger partial charge in [0, 0.05) is 27.5 Å². The molecule has 2 aromatic rings. The minimum atomic E-state index is 0.195. The van der Waals surface area contributed by atoms with Crippen LogP contribution in [-0.2, 0) is 0 Å². The third-order valence-electron chi connectivity index (χ3n) is 3.66. The topological polar surface area (TPSA) is 48.1 Å². The Kier molecular flexibility index (Phi) is 3.71. The van der Waals surface area contributed by atoms with E-state index in [1.165, 1.54) is 0 Å². The van der Waals surface area contributed by atoms with E-state index in [0.717, 1.165) is 46.8 Å². The molecular weight excluding hydrogens is 304 g/mol. The SMILES string of the molecule is NC1CCCC(Oc2nccc3c(Br)cccc23)C1. The summed E-state index contributed by atoms with van der Waals surface area (Å²) in [5.41, 5.74) is 6.01. The first-order chi connectivity index (χ1) is 9.24. The summed E-state index contributed by atoms with van der Waals surface area (Å²) in [6.45, 7) is 0. The minimum absolute atomic E-state index is 0.195. The third-order valence-corrected chi connectivity index (χ3v) is 4.35. The maximum Gasteiger partial charge on any atom is 0.221 e. The second-order valence-corrected chi connectivity index (χ2v) is 5.97. The van der Waals surface area contributed by atoms with Crippen molar-refractivity contribution >= 4 is 26.7 Å². The molecule has 1 heterocycles. The second-order valence-electron chi connectivity index (χ2n) is 5.12. The van der Waals surface area contributed by atoms with E-state index in [2.05, 4.69) is 20.9 Å². The number of hydrogen-bond donors (Lipinski definition) is 1. The molecular formula is C15H17BrN2O. The van der Waals surface area contributed by atoms with Crippen molar-refractivity contribution in [1.82, 2.24) is 4.98 Å². The van der Waals surface area contributed by atoms with Crippen LogP contribution < -0.4 is 10.5 Å². The number of nitrogens with two attached hydrogens (primary N) is 1. The van der Waals surface area contributed by atoms with Gasteiger partial charge in [-0.3, -0.25) is 0 Å². The van der Waals surface area contributed by atoms with Crippen molar-refractivity contribution in [2.75, 3.05) is 0 Å². The Balaban J connectivity index is 1.90. The molecule has 1 aliphatic rings. The molecule has 1 aromatic carbocycles. The predicted octanol–water partition coefficient (Wildman–Crippen LogP) is 3.65. The van der Waals surface area contributed by atoms with Crippen LogP contribution in [0.25, 0.3) is 10.8 Å². The van der Waals surface area contributed by atoms with Gasteiger partial charge in [0.2, 0.25) is 5.88 Å². The van der Waals surface area contributed by atoms with E-state index in [1.807, 2.05) is 24.3 Å². The average molecular weight is 321 g/mol. The first kappa shape index (κ1) is 12.9. The van der Waals surface area contributed by atoms with Gasteiger partial charge in [-0.1, -0.05) is 22.0 Å². The summed E-state index contributed by atoms with van der Waals surface area (Å²) in [5, 5.41) is 2.18. The third kappa shape index (κ3) is 2.74. The summed E-state index contributed by atoms with van der Waals surface area (Å²) >= 11 is 3.56. The predicted molar refractivity (Wildman–Crippen MR) is 80.3 cm³/mol. The molecule has 3 rings (SSSR count). The van der Waals surface area contributed by atoms with Crippen molar-refractivity contribution < 1.29 is 4.74 Å². The molecule has 4 heteroatoms. The summed E-state index contributed by atoms with van der Waals surface area (Å²) < 4.78 is 7.15. The van der Waals surface area contributed by atoms with Crippen molar-refractivity contribution in [3.8, 4) is 5.88 Å². The maximum atomic E-state index is 6.08. The van der Waals surface area contributed by atoms with Gasteiger partial charge < -0.3 is 10.5 Å². The van der Waals surface area contributed by atoms with Gasteiger partial charge in [0.25, 0.3) is 0 Å². The molecule has 2 atom stereocenters. The molecule has 1 aliphatic carbocycles. The number of pyridine rings is 1. The van der Waals surface area contributed by atoms with Crippen molar-refractivity contribution in [3.05, 3.63) is 34.9 Å². The van der Waals surface area contributed by atoms with Crippen LogP contribution in [0.1, 0.15) is 25.7 Å². The van der Waals surface area contributed by atoms with Crippen LogP contribution in [0.3, 0.4) is 0 Å². The zero-order chi connectivity index (χ0) is 13.2. The van der Waals surface area contributed by atoms with Gasteiger partial charge >= 0.3 is 0 Å². The standard InChI is InChI=1S/C15H17BrN2O/c16-14-6-2-5-13-12(14)7-8-18-15(13)19-11-4-1-3-10(17)9-11/h2,5-8,10-11H,1,3-4,9,17H2. The Hall–Kier alpha value is -1.13. The Morgan fingerprint density at radius 1 is 1.21 bits per heavy atom. The lowest BCUT2D eigenvalue weighted by Gasteiger charge is -2.27. The van der Waals surface area contributed by atoms with Gasteiger partial charge in [0.1, 0.15) is 6.10 Å². The molecule has 0 amide bonds. The molecule has 0 bridgehead atoms. The lowest BCUT2D eigenvalue weighted by atomic mass is 9.93. The van der Waals surface area contributed by atoms with E-state index in [4.69, 9.17) is 10.5 Å². The molecule has 1 saturated carbocycles. The van der Waals surface area contributed by atoms with Gasteiger partial charge in [-0.15, -0.1) is 0 Å². The molecule has 2 unspecified atom stereocenters. The highest BCUT2D eigenvalue weighted by Crippen LogP contribution is 2.31. The number of aromatic nitrogens is 1. The highest BCUT2D eigenvalue weighted by molar-refractivity contribution is 9.10. The molecule has 100 valence electrons. The number of hydrogen-bond acceptors (Lipinski definition) is 3. The average Bonchev–Trinajstić information content (AvgIpc) is 2.40. The number of nitrogens with zero attached hydrogens (tertiary/aromatic N) is 1.